The molecule has 1 aliphatic heterocycles. The van der Waals surface area contributed by atoms with Crippen LogP contribution >= 0.6 is 11.3 Å². The molecule has 5 nitrogen and oxygen atoms in total. The highest BCUT2D eigenvalue weighted by atomic mass is 32.1. The van der Waals surface area contributed by atoms with E-state index in [1.54, 1.807) is 11.3 Å². The van der Waals surface area contributed by atoms with Crippen LogP contribution in [0.5, 0.6) is 0 Å². The highest BCUT2D eigenvalue weighted by Crippen LogP contribution is 2.35. The van der Waals surface area contributed by atoms with Crippen LogP contribution in [0, 0.1) is 5.92 Å². The smallest absolute Gasteiger partial charge is 0.323 e. The van der Waals surface area contributed by atoms with E-state index >= 15 is 0 Å². The van der Waals surface area contributed by atoms with E-state index in [-0.39, 0.29) is 11.9 Å². The fraction of sp³-hybridized carbons (Fsp3) is 0.625. The second-order valence-corrected chi connectivity index (χ2v) is 7.83. The van der Waals surface area contributed by atoms with Crippen LogP contribution in [0.4, 0.5) is 4.79 Å². The molecule has 2 N–H and O–H groups in total. The largest absolute Gasteiger partial charge is 0.329 e. The average molecular weight is 322 g/mol. The number of thiophene rings is 1. The number of carbonyl (C=O) groups is 2. The van der Waals surface area contributed by atoms with Crippen molar-refractivity contribution in [2.45, 2.75) is 44.7 Å². The van der Waals surface area contributed by atoms with E-state index < -0.39 is 5.54 Å². The van der Waals surface area contributed by atoms with Gasteiger partial charge in [0.15, 0.2) is 6.67 Å². The minimum Gasteiger partial charge on any atom is -0.323 e. The van der Waals surface area contributed by atoms with Gasteiger partial charge in [-0.05, 0) is 43.0 Å². The number of rotatable bonds is 4. The van der Waals surface area contributed by atoms with Gasteiger partial charge in [-0.3, -0.25) is 4.79 Å². The Labute approximate surface area is 135 Å². The maximum atomic E-state index is 12.8. The normalized spacial score (nSPS) is 29.9. The number of nitrogens with one attached hydrogen (secondary N) is 2. The third-order valence-electron chi connectivity index (χ3n) is 4.86. The predicted molar refractivity (Wildman–Crippen MR) is 85.5 cm³/mol. The van der Waals surface area contributed by atoms with Gasteiger partial charge in [0.05, 0.1) is 11.9 Å². The molecule has 1 saturated carbocycles. The molecule has 3 amide bonds. The van der Waals surface area contributed by atoms with Crippen molar-refractivity contribution in [1.82, 2.24) is 10.2 Å². The summed E-state index contributed by atoms with van der Waals surface area (Å²) in [6, 6.07) is 3.90. The average Bonchev–Trinajstić information content (AvgIpc) is 3.06. The van der Waals surface area contributed by atoms with Crippen molar-refractivity contribution in [3.63, 3.8) is 0 Å². The molecule has 1 spiro atoms. The van der Waals surface area contributed by atoms with E-state index in [0.29, 0.717) is 12.6 Å². The molecular weight excluding hydrogens is 298 g/mol. The quantitative estimate of drug-likeness (QED) is 0.819. The summed E-state index contributed by atoms with van der Waals surface area (Å²) in [6.07, 6.45) is 3.58. The van der Waals surface area contributed by atoms with Gasteiger partial charge in [0.1, 0.15) is 12.1 Å². The molecule has 6 heteroatoms. The van der Waals surface area contributed by atoms with Crippen LogP contribution in [0.25, 0.3) is 0 Å². The minimum absolute atomic E-state index is 0.0186. The SMILES string of the molecule is CC1CCC2(CC1)NC(=O)N(C[NH+](C)Cc1cccs1)C2=O. The van der Waals surface area contributed by atoms with Gasteiger partial charge in [-0.25, -0.2) is 9.69 Å². The molecule has 3 rings (SSSR count). The van der Waals surface area contributed by atoms with Crippen molar-refractivity contribution in [1.29, 1.82) is 0 Å². The summed E-state index contributed by atoms with van der Waals surface area (Å²) < 4.78 is 0. The zero-order chi connectivity index (χ0) is 15.7. The third kappa shape index (κ3) is 2.90. The first-order chi connectivity index (χ1) is 10.5. The number of hydrogen-bond acceptors (Lipinski definition) is 3. The lowest BCUT2D eigenvalue weighted by Gasteiger charge is -2.33. The zero-order valence-corrected chi connectivity index (χ0v) is 14.0. The Morgan fingerprint density at radius 1 is 1.41 bits per heavy atom. The summed E-state index contributed by atoms with van der Waals surface area (Å²) in [5.74, 6) is 0.631. The molecule has 0 aromatic carbocycles. The Morgan fingerprint density at radius 3 is 2.77 bits per heavy atom. The molecule has 22 heavy (non-hydrogen) atoms. The summed E-state index contributed by atoms with van der Waals surface area (Å²) in [4.78, 5) is 28.9. The first-order valence-corrected chi connectivity index (χ1v) is 8.86. The monoisotopic (exact) mass is 322 g/mol. The number of hydrogen-bond donors (Lipinski definition) is 2. The lowest BCUT2D eigenvalue weighted by atomic mass is 9.77. The van der Waals surface area contributed by atoms with Crippen molar-refractivity contribution in [2.24, 2.45) is 5.92 Å². The van der Waals surface area contributed by atoms with Crippen molar-refractivity contribution in [2.75, 3.05) is 13.7 Å². The van der Waals surface area contributed by atoms with Crippen molar-refractivity contribution >= 4 is 23.3 Å². The van der Waals surface area contributed by atoms with E-state index in [1.165, 1.54) is 9.78 Å². The van der Waals surface area contributed by atoms with Crippen LogP contribution in [0.15, 0.2) is 17.5 Å². The summed E-state index contributed by atoms with van der Waals surface area (Å²) in [6.45, 7) is 3.48. The Morgan fingerprint density at radius 2 is 2.14 bits per heavy atom. The van der Waals surface area contributed by atoms with Crippen LogP contribution in [-0.4, -0.2) is 36.1 Å². The zero-order valence-electron chi connectivity index (χ0n) is 13.2. The van der Waals surface area contributed by atoms with Gasteiger partial charge in [-0.15, -0.1) is 11.3 Å². The molecular formula is C16H24N3O2S+. The van der Waals surface area contributed by atoms with E-state index in [9.17, 15) is 9.59 Å². The Kier molecular flexibility index (Phi) is 4.23. The van der Waals surface area contributed by atoms with Crippen LogP contribution in [0.2, 0.25) is 0 Å². The number of quaternary nitrogens is 1. The first kappa shape index (κ1) is 15.5. The molecule has 0 radical (unpaired) electrons. The van der Waals surface area contributed by atoms with Crippen LogP contribution < -0.4 is 10.2 Å². The van der Waals surface area contributed by atoms with E-state index in [4.69, 9.17) is 0 Å². The maximum absolute atomic E-state index is 12.8. The standard InChI is InChI=1S/C16H23N3O2S/c1-12-5-7-16(8-6-12)14(20)19(15(21)17-16)11-18(2)10-13-4-3-9-22-13/h3-4,9,12H,5-8,10-11H2,1-2H3,(H,17,21)/p+1. The number of urea groups is 1. The van der Waals surface area contributed by atoms with Crippen LogP contribution in [-0.2, 0) is 11.3 Å². The molecule has 1 unspecified atom stereocenters. The highest BCUT2D eigenvalue weighted by Gasteiger charge is 2.52. The molecule has 1 aromatic heterocycles. The highest BCUT2D eigenvalue weighted by molar-refractivity contribution is 7.09. The fourth-order valence-corrected chi connectivity index (χ4v) is 4.27. The molecule has 2 fully saturated rings. The lowest BCUT2D eigenvalue weighted by molar-refractivity contribution is -0.900. The number of nitrogens with zero attached hydrogens (tertiary/aromatic N) is 1. The van der Waals surface area contributed by atoms with E-state index in [2.05, 4.69) is 23.7 Å². The Bertz CT molecular complexity index is 550. The molecule has 1 atom stereocenters. The van der Waals surface area contributed by atoms with Gasteiger partial charge >= 0.3 is 6.03 Å². The van der Waals surface area contributed by atoms with Crippen molar-refractivity contribution < 1.29 is 14.5 Å². The van der Waals surface area contributed by atoms with Crippen molar-refractivity contribution in [3.8, 4) is 0 Å². The fourth-order valence-electron chi connectivity index (χ4n) is 3.45. The van der Waals surface area contributed by atoms with Crippen molar-refractivity contribution in [3.05, 3.63) is 22.4 Å². The summed E-state index contributed by atoms with van der Waals surface area (Å²) in [5, 5.41) is 5.03. The predicted octanol–water partition coefficient (Wildman–Crippen LogP) is 1.22. The Hall–Kier alpha value is -1.40. The number of amides is 3. The van der Waals surface area contributed by atoms with Gasteiger partial charge in [0.25, 0.3) is 5.91 Å². The van der Waals surface area contributed by atoms with E-state index in [0.717, 1.165) is 37.1 Å². The first-order valence-electron chi connectivity index (χ1n) is 7.98. The molecule has 0 bridgehead atoms. The summed E-state index contributed by atoms with van der Waals surface area (Å²) in [5.41, 5.74) is -0.618. The third-order valence-corrected chi connectivity index (χ3v) is 5.73. The van der Waals surface area contributed by atoms with Gasteiger partial charge < -0.3 is 10.2 Å². The van der Waals surface area contributed by atoms with Gasteiger partial charge in [0.2, 0.25) is 0 Å². The van der Waals surface area contributed by atoms with Crippen LogP contribution in [0.1, 0.15) is 37.5 Å². The van der Waals surface area contributed by atoms with Gasteiger partial charge in [0, 0.05) is 0 Å². The van der Waals surface area contributed by atoms with Gasteiger partial charge in [-0.1, -0.05) is 13.0 Å². The summed E-state index contributed by atoms with van der Waals surface area (Å²) in [7, 11) is 2.02. The molecule has 2 heterocycles. The molecule has 2 aliphatic rings. The molecule has 1 aliphatic carbocycles. The second kappa shape index (κ2) is 6.01. The molecule has 1 saturated heterocycles. The second-order valence-electron chi connectivity index (χ2n) is 6.80. The van der Waals surface area contributed by atoms with E-state index in [1.807, 2.05) is 13.1 Å². The lowest BCUT2D eigenvalue weighted by Crippen LogP contribution is -3.09. The van der Waals surface area contributed by atoms with Crippen LogP contribution in [0.3, 0.4) is 0 Å². The molecule has 120 valence electrons. The number of imide groups is 1. The topological polar surface area (TPSA) is 53.9 Å². The van der Waals surface area contributed by atoms with Gasteiger partial charge in [-0.2, -0.15) is 0 Å². The summed E-state index contributed by atoms with van der Waals surface area (Å²) >= 11 is 1.71. The molecule has 1 aromatic rings. The Balaban J connectivity index is 1.64. The number of carbonyl (C=O) groups excluding carboxylic acids is 2. The minimum atomic E-state index is -0.618. The maximum Gasteiger partial charge on any atom is 0.329 e.